The van der Waals surface area contributed by atoms with Crippen LogP contribution < -0.4 is 0 Å². The number of carbonyl (C=O) groups is 1. The molecule has 2 heterocycles. The highest BCUT2D eigenvalue weighted by atomic mass is 16.5. The van der Waals surface area contributed by atoms with E-state index in [-0.39, 0.29) is 35.0 Å². The van der Waals surface area contributed by atoms with Crippen molar-refractivity contribution in [1.29, 1.82) is 0 Å². The molecule has 1 N–H and O–H groups in total. The molecule has 5 unspecified atom stereocenters. The molecule has 40 heavy (non-hydrogen) atoms. The first-order valence-corrected chi connectivity index (χ1v) is 16.9. The Labute approximate surface area is 243 Å². The third-order valence-corrected chi connectivity index (χ3v) is 13.6. The Bertz CT molecular complexity index is 927. The highest BCUT2D eigenvalue weighted by molar-refractivity contribution is 5.66. The molecule has 0 spiro atoms. The predicted octanol–water partition coefficient (Wildman–Crippen LogP) is 5.19. The maximum Gasteiger partial charge on any atom is 0.303 e. The molecule has 4 aliphatic carbocycles. The molecule has 226 valence electrons. The fourth-order valence-electron chi connectivity index (χ4n) is 11.7. The highest BCUT2D eigenvalue weighted by Gasteiger charge is 2.67. The third kappa shape index (κ3) is 4.81. The zero-order valence-electron chi connectivity index (χ0n) is 25.7. The quantitative estimate of drug-likeness (QED) is 0.287. The maximum atomic E-state index is 12.6. The van der Waals surface area contributed by atoms with Gasteiger partial charge in [0, 0.05) is 37.9 Å². The average Bonchev–Trinajstić information content (AvgIpc) is 3.06. The number of aliphatic hydroxyl groups excluding tert-OH is 1. The van der Waals surface area contributed by atoms with Gasteiger partial charge in [-0.05, 0) is 99.4 Å². The van der Waals surface area contributed by atoms with Crippen LogP contribution in [0.15, 0.2) is 12.7 Å². The van der Waals surface area contributed by atoms with Gasteiger partial charge in [0.05, 0.1) is 39.0 Å². The van der Waals surface area contributed by atoms with Crippen LogP contribution in [0.1, 0.15) is 91.4 Å². The minimum absolute atomic E-state index is 0.00815. The van der Waals surface area contributed by atoms with Gasteiger partial charge in [-0.15, -0.1) is 0 Å². The fourth-order valence-corrected chi connectivity index (χ4v) is 11.7. The lowest BCUT2D eigenvalue weighted by atomic mass is 9.44. The molecule has 0 amide bonds. The summed E-state index contributed by atoms with van der Waals surface area (Å²) in [6.45, 7) is 17.8. The summed E-state index contributed by atoms with van der Waals surface area (Å²) in [7, 11) is 0. The highest BCUT2D eigenvalue weighted by Crippen LogP contribution is 2.67. The standard InChI is InChI=1S/C34H57N2O4/c1-5-16-36(17-8-6-7-9-18-36)30-22-28-26-11-10-25-21-31(38)29(35-14-19-39-20-15-35)23-34(25,4)27(26)12-13-33(28,3)32(30)40-24(2)37/h5,25-32,38H,1,6-23H2,2-4H3/q+1/t25?,26-,27-,28+,29?,30?,31?,32?,33+,34+/m1/s1. The molecule has 6 nitrogen and oxygen atoms in total. The van der Waals surface area contributed by atoms with Gasteiger partial charge in [-0.3, -0.25) is 9.69 Å². The van der Waals surface area contributed by atoms with Crippen molar-refractivity contribution in [1.82, 2.24) is 4.90 Å². The molecule has 2 aliphatic heterocycles. The van der Waals surface area contributed by atoms with E-state index >= 15 is 0 Å². The van der Waals surface area contributed by atoms with Crippen LogP contribution in [-0.4, -0.2) is 90.7 Å². The lowest BCUT2D eigenvalue weighted by Gasteiger charge is -2.62. The summed E-state index contributed by atoms with van der Waals surface area (Å²) in [4.78, 5) is 15.2. The van der Waals surface area contributed by atoms with E-state index in [9.17, 15) is 9.90 Å². The van der Waals surface area contributed by atoms with Gasteiger partial charge in [0.25, 0.3) is 0 Å². The zero-order chi connectivity index (χ0) is 28.1. The van der Waals surface area contributed by atoms with Gasteiger partial charge in [-0.2, -0.15) is 0 Å². The van der Waals surface area contributed by atoms with Gasteiger partial charge in [0.1, 0.15) is 6.04 Å². The number of quaternary nitrogens is 1. The summed E-state index contributed by atoms with van der Waals surface area (Å²) in [5.74, 6) is 2.52. The number of nitrogens with zero attached hydrogens (tertiary/aromatic N) is 2. The Balaban J connectivity index is 1.31. The van der Waals surface area contributed by atoms with E-state index in [0.717, 1.165) is 56.6 Å². The van der Waals surface area contributed by atoms with E-state index < -0.39 is 0 Å². The molecule has 10 atom stereocenters. The Morgan fingerprint density at radius 2 is 1.77 bits per heavy atom. The molecule has 6 fully saturated rings. The molecule has 2 saturated heterocycles. The summed E-state index contributed by atoms with van der Waals surface area (Å²) in [5, 5.41) is 11.3. The minimum Gasteiger partial charge on any atom is -0.456 e. The van der Waals surface area contributed by atoms with Crippen molar-refractivity contribution in [3.8, 4) is 0 Å². The van der Waals surface area contributed by atoms with Crippen molar-refractivity contribution >= 4 is 5.97 Å². The van der Waals surface area contributed by atoms with Crippen LogP contribution in [0.2, 0.25) is 0 Å². The van der Waals surface area contributed by atoms with Gasteiger partial charge in [0.2, 0.25) is 0 Å². The minimum atomic E-state index is -0.211. The van der Waals surface area contributed by atoms with Crippen molar-refractivity contribution in [3.63, 3.8) is 0 Å². The van der Waals surface area contributed by atoms with Gasteiger partial charge in [0.15, 0.2) is 6.10 Å². The molecule has 0 aromatic rings. The number of morpholine rings is 1. The molecule has 0 radical (unpaired) electrons. The number of ether oxygens (including phenoxy) is 2. The topological polar surface area (TPSA) is 59.0 Å². The molecule has 0 aromatic heterocycles. The fraction of sp³-hybridized carbons (Fsp3) is 0.912. The summed E-state index contributed by atoms with van der Waals surface area (Å²) < 4.78 is 13.2. The van der Waals surface area contributed by atoms with Crippen LogP contribution in [0, 0.1) is 34.5 Å². The zero-order valence-corrected chi connectivity index (χ0v) is 25.7. The number of likely N-dealkylation sites (tertiary alicyclic amines) is 1. The van der Waals surface area contributed by atoms with Crippen LogP contribution in [0.25, 0.3) is 0 Å². The molecule has 4 saturated carbocycles. The second kappa shape index (κ2) is 11.3. The van der Waals surface area contributed by atoms with E-state index in [1.807, 2.05) is 0 Å². The summed E-state index contributed by atoms with van der Waals surface area (Å²) in [6, 6.07) is 0.648. The summed E-state index contributed by atoms with van der Waals surface area (Å²) >= 11 is 0. The number of carbonyl (C=O) groups excluding carboxylic acids is 1. The molecule has 6 heteroatoms. The molecule has 0 aromatic carbocycles. The first-order valence-electron chi connectivity index (χ1n) is 16.9. The lowest BCUT2D eigenvalue weighted by molar-refractivity contribution is -0.948. The molecule has 0 bridgehead atoms. The number of esters is 1. The number of fused-ring (bicyclic) bond motifs is 5. The SMILES string of the molecule is C=CC[N+]1(C2C[C@H]3[C@@H]4CCC5CC(O)C(N6CCOCC6)C[C@]5(C)[C@@H]4CC[C@]3(C)C2OC(C)=O)CCCCCC1. The second-order valence-corrected chi connectivity index (χ2v) is 15.3. The second-order valence-electron chi connectivity index (χ2n) is 15.3. The van der Waals surface area contributed by atoms with E-state index in [1.54, 1.807) is 6.92 Å². The van der Waals surface area contributed by atoms with E-state index in [1.165, 1.54) is 64.5 Å². The first kappa shape index (κ1) is 29.1. The van der Waals surface area contributed by atoms with Crippen LogP contribution >= 0.6 is 0 Å². The van der Waals surface area contributed by atoms with Crippen molar-refractivity contribution in [2.24, 2.45) is 34.5 Å². The Kier molecular flexibility index (Phi) is 8.22. The predicted molar refractivity (Wildman–Crippen MR) is 158 cm³/mol. The monoisotopic (exact) mass is 557 g/mol. The Hall–Kier alpha value is -0.950. The Morgan fingerprint density at radius 1 is 1.05 bits per heavy atom. The van der Waals surface area contributed by atoms with Gasteiger partial charge in [-0.25, -0.2) is 0 Å². The number of aliphatic hydroxyl groups is 1. The van der Waals surface area contributed by atoms with Gasteiger partial charge in [-0.1, -0.05) is 20.4 Å². The van der Waals surface area contributed by atoms with E-state index in [4.69, 9.17) is 9.47 Å². The molecular formula is C34H57N2O4+. The molecule has 6 aliphatic rings. The van der Waals surface area contributed by atoms with Crippen molar-refractivity contribution < 1.29 is 23.9 Å². The van der Waals surface area contributed by atoms with Crippen LogP contribution in [0.5, 0.6) is 0 Å². The maximum absolute atomic E-state index is 12.6. The van der Waals surface area contributed by atoms with Crippen molar-refractivity contribution in [2.75, 3.05) is 45.9 Å². The lowest BCUT2D eigenvalue weighted by Crippen LogP contribution is -2.62. The van der Waals surface area contributed by atoms with Crippen LogP contribution in [0.4, 0.5) is 0 Å². The smallest absolute Gasteiger partial charge is 0.303 e. The molecular weight excluding hydrogens is 500 g/mol. The summed E-state index contributed by atoms with van der Waals surface area (Å²) in [5.41, 5.74) is 0.328. The average molecular weight is 558 g/mol. The van der Waals surface area contributed by atoms with Crippen LogP contribution in [0.3, 0.4) is 0 Å². The first-order chi connectivity index (χ1) is 19.2. The van der Waals surface area contributed by atoms with Gasteiger partial charge >= 0.3 is 5.97 Å². The normalized spacial score (nSPS) is 47.3. The number of hydrogen-bond donors (Lipinski definition) is 1. The molecule has 6 rings (SSSR count). The Morgan fingerprint density at radius 3 is 2.45 bits per heavy atom. The largest absolute Gasteiger partial charge is 0.456 e. The van der Waals surface area contributed by atoms with Crippen molar-refractivity contribution in [3.05, 3.63) is 12.7 Å². The third-order valence-electron chi connectivity index (χ3n) is 13.6. The van der Waals surface area contributed by atoms with E-state index in [2.05, 4.69) is 31.4 Å². The van der Waals surface area contributed by atoms with E-state index in [0.29, 0.717) is 29.7 Å². The number of hydrogen-bond acceptors (Lipinski definition) is 5. The number of rotatable bonds is 5. The summed E-state index contributed by atoms with van der Waals surface area (Å²) in [6.07, 6.45) is 15.3. The van der Waals surface area contributed by atoms with Gasteiger partial charge < -0.3 is 19.1 Å². The van der Waals surface area contributed by atoms with Crippen LogP contribution in [-0.2, 0) is 14.3 Å². The van der Waals surface area contributed by atoms with Crippen molar-refractivity contribution in [2.45, 2.75) is 116 Å².